The number of hydrogen-bond donors (Lipinski definition) is 1. The van der Waals surface area contributed by atoms with Crippen LogP contribution in [-0.4, -0.2) is 27.4 Å². The number of piperidine rings is 1. The molecule has 1 aliphatic heterocycles. The molecule has 0 spiro atoms. The van der Waals surface area contributed by atoms with Gasteiger partial charge in [-0.2, -0.15) is 0 Å². The Morgan fingerprint density at radius 3 is 2.48 bits per heavy atom. The third-order valence-corrected chi connectivity index (χ3v) is 6.92. The first-order valence-electron chi connectivity index (χ1n) is 6.62. The summed E-state index contributed by atoms with van der Waals surface area (Å²) in [6, 6.07) is 1.49. The van der Waals surface area contributed by atoms with Crippen LogP contribution in [0, 0.1) is 5.92 Å². The molecule has 2 rings (SSSR count). The van der Waals surface area contributed by atoms with Crippen molar-refractivity contribution in [2.24, 2.45) is 5.92 Å². The lowest BCUT2D eigenvalue weighted by molar-refractivity contribution is -0.156. The van der Waals surface area contributed by atoms with Crippen LogP contribution in [-0.2, 0) is 9.59 Å². The second-order valence-corrected chi connectivity index (χ2v) is 9.39. The zero-order chi connectivity index (χ0) is 15.9. The van der Waals surface area contributed by atoms with Gasteiger partial charge in [0.2, 0.25) is 5.91 Å². The molecule has 2 heterocycles. The van der Waals surface area contributed by atoms with E-state index in [0.29, 0.717) is 12.8 Å². The minimum Gasteiger partial charge on any atom is -0.481 e. The number of halogens is 2. The molecule has 1 aromatic rings. The van der Waals surface area contributed by atoms with Crippen LogP contribution < -0.4 is 0 Å². The molecule has 1 N–H and O–H groups in total. The highest BCUT2D eigenvalue weighted by Gasteiger charge is 2.45. The van der Waals surface area contributed by atoms with E-state index in [9.17, 15) is 14.7 Å². The molecule has 1 fully saturated rings. The van der Waals surface area contributed by atoms with Crippen LogP contribution in [0.4, 0.5) is 0 Å². The molecule has 4 nitrogen and oxygen atoms in total. The normalized spacial score (nSPS) is 23.5. The number of hydrogen-bond acceptors (Lipinski definition) is 3. The SMILES string of the molecule is CC(C)(C)N1C(=O)CCC(C(=O)O)C1c1cc(Br)c(Br)s1. The van der Waals surface area contributed by atoms with E-state index in [1.54, 1.807) is 4.90 Å². The molecule has 0 aromatic carbocycles. The van der Waals surface area contributed by atoms with E-state index in [-0.39, 0.29) is 5.91 Å². The summed E-state index contributed by atoms with van der Waals surface area (Å²) in [5.74, 6) is -1.40. The number of carbonyl (C=O) groups excluding carboxylic acids is 1. The molecule has 1 amide bonds. The number of carboxylic acids is 1. The number of rotatable bonds is 2. The molecular formula is C14H17Br2NO3S. The number of amides is 1. The standard InChI is InChI=1S/C14H17Br2NO3S/c1-14(2,3)17-10(18)5-4-7(13(19)20)11(17)9-6-8(15)12(16)21-9/h6-7,11H,4-5H2,1-3H3,(H,19,20). The fraction of sp³-hybridized carbons (Fsp3) is 0.571. The third-order valence-electron chi connectivity index (χ3n) is 3.59. The Kier molecular flexibility index (Phi) is 4.85. The molecular weight excluding hydrogens is 422 g/mol. The number of thiophene rings is 1. The highest BCUT2D eigenvalue weighted by atomic mass is 79.9. The van der Waals surface area contributed by atoms with Gasteiger partial charge >= 0.3 is 5.97 Å². The van der Waals surface area contributed by atoms with Gasteiger partial charge in [0.15, 0.2) is 0 Å². The van der Waals surface area contributed by atoms with Gasteiger partial charge in [-0.05, 0) is 65.1 Å². The predicted molar refractivity (Wildman–Crippen MR) is 89.4 cm³/mol. The van der Waals surface area contributed by atoms with Crippen LogP contribution in [0.15, 0.2) is 14.3 Å². The largest absolute Gasteiger partial charge is 0.481 e. The monoisotopic (exact) mass is 437 g/mol. The van der Waals surface area contributed by atoms with Crippen molar-refractivity contribution in [2.45, 2.75) is 45.2 Å². The lowest BCUT2D eigenvalue weighted by Gasteiger charge is -2.46. The maximum Gasteiger partial charge on any atom is 0.308 e. The van der Waals surface area contributed by atoms with Gasteiger partial charge in [-0.3, -0.25) is 9.59 Å². The Labute approximate surface area is 144 Å². The molecule has 7 heteroatoms. The summed E-state index contributed by atoms with van der Waals surface area (Å²) in [6.07, 6.45) is 0.678. The van der Waals surface area contributed by atoms with Gasteiger partial charge in [-0.15, -0.1) is 11.3 Å². The van der Waals surface area contributed by atoms with E-state index in [0.717, 1.165) is 13.1 Å². The topological polar surface area (TPSA) is 57.6 Å². The van der Waals surface area contributed by atoms with Gasteiger partial charge in [0.05, 0.1) is 15.7 Å². The smallest absolute Gasteiger partial charge is 0.308 e. The van der Waals surface area contributed by atoms with Gasteiger partial charge in [-0.1, -0.05) is 0 Å². The summed E-state index contributed by atoms with van der Waals surface area (Å²) in [6.45, 7) is 5.83. The van der Waals surface area contributed by atoms with Crippen LogP contribution in [0.3, 0.4) is 0 Å². The quantitative estimate of drug-likeness (QED) is 0.742. The summed E-state index contributed by atoms with van der Waals surface area (Å²) in [5, 5.41) is 9.56. The van der Waals surface area contributed by atoms with Crippen molar-refractivity contribution < 1.29 is 14.7 Å². The zero-order valence-corrected chi connectivity index (χ0v) is 16.0. The number of carboxylic acid groups (broad SMARTS) is 1. The predicted octanol–water partition coefficient (Wildman–Crippen LogP) is 4.44. The molecule has 1 aromatic heterocycles. The number of aliphatic carboxylic acids is 1. The molecule has 21 heavy (non-hydrogen) atoms. The molecule has 2 unspecified atom stereocenters. The van der Waals surface area contributed by atoms with Crippen molar-refractivity contribution in [1.29, 1.82) is 0 Å². The summed E-state index contributed by atoms with van der Waals surface area (Å²) in [7, 11) is 0. The molecule has 0 aliphatic carbocycles. The molecule has 0 saturated carbocycles. The van der Waals surface area contributed by atoms with E-state index in [1.165, 1.54) is 11.3 Å². The Bertz CT molecular complexity index is 560. The first-order valence-corrected chi connectivity index (χ1v) is 9.03. The number of carbonyl (C=O) groups is 2. The Morgan fingerprint density at radius 1 is 1.43 bits per heavy atom. The molecule has 1 aliphatic rings. The first-order chi connectivity index (χ1) is 9.62. The maximum absolute atomic E-state index is 12.4. The van der Waals surface area contributed by atoms with Crippen LogP contribution in [0.5, 0.6) is 0 Å². The summed E-state index contributed by atoms with van der Waals surface area (Å²) < 4.78 is 1.80. The van der Waals surface area contributed by atoms with Crippen molar-refractivity contribution in [1.82, 2.24) is 4.90 Å². The van der Waals surface area contributed by atoms with Crippen molar-refractivity contribution in [3.05, 3.63) is 19.2 Å². The lowest BCUT2D eigenvalue weighted by Crippen LogP contribution is -2.53. The average Bonchev–Trinajstić information content (AvgIpc) is 2.67. The maximum atomic E-state index is 12.4. The molecule has 0 bridgehead atoms. The van der Waals surface area contributed by atoms with E-state index >= 15 is 0 Å². The van der Waals surface area contributed by atoms with E-state index < -0.39 is 23.5 Å². The third kappa shape index (κ3) is 3.35. The Morgan fingerprint density at radius 2 is 2.05 bits per heavy atom. The summed E-state index contributed by atoms with van der Waals surface area (Å²) in [5.41, 5.74) is -0.418. The second-order valence-electron chi connectivity index (χ2n) is 6.13. The zero-order valence-electron chi connectivity index (χ0n) is 12.0. The summed E-state index contributed by atoms with van der Waals surface area (Å²) >= 11 is 8.36. The fourth-order valence-electron chi connectivity index (χ4n) is 2.78. The fourth-order valence-corrected chi connectivity index (χ4v) is 5.02. The van der Waals surface area contributed by atoms with Crippen LogP contribution >= 0.6 is 43.2 Å². The van der Waals surface area contributed by atoms with E-state index in [2.05, 4.69) is 31.9 Å². The lowest BCUT2D eigenvalue weighted by atomic mass is 9.84. The molecule has 0 radical (unpaired) electrons. The van der Waals surface area contributed by atoms with Gasteiger partial charge in [0.1, 0.15) is 0 Å². The number of nitrogens with zero attached hydrogens (tertiary/aromatic N) is 1. The van der Waals surface area contributed by atoms with Gasteiger partial charge in [0, 0.05) is 21.3 Å². The van der Waals surface area contributed by atoms with Crippen LogP contribution in [0.1, 0.15) is 44.5 Å². The first kappa shape index (κ1) is 17.0. The van der Waals surface area contributed by atoms with Gasteiger partial charge in [0.25, 0.3) is 0 Å². The highest BCUT2D eigenvalue weighted by molar-refractivity contribution is 9.13. The van der Waals surface area contributed by atoms with E-state index in [1.807, 2.05) is 26.8 Å². The van der Waals surface area contributed by atoms with Crippen molar-refractivity contribution in [3.8, 4) is 0 Å². The highest BCUT2D eigenvalue weighted by Crippen LogP contribution is 2.46. The second kappa shape index (κ2) is 6.01. The van der Waals surface area contributed by atoms with Gasteiger partial charge < -0.3 is 10.0 Å². The van der Waals surface area contributed by atoms with Gasteiger partial charge in [-0.25, -0.2) is 0 Å². The molecule has 116 valence electrons. The Balaban J connectivity index is 2.54. The summed E-state index contributed by atoms with van der Waals surface area (Å²) in [4.78, 5) is 26.7. The minimum absolute atomic E-state index is 0.0191. The van der Waals surface area contributed by atoms with Crippen molar-refractivity contribution >= 4 is 55.1 Å². The van der Waals surface area contributed by atoms with Crippen molar-refractivity contribution in [2.75, 3.05) is 0 Å². The Hall–Kier alpha value is -0.400. The van der Waals surface area contributed by atoms with Crippen molar-refractivity contribution in [3.63, 3.8) is 0 Å². The minimum atomic E-state index is -0.845. The molecule has 1 saturated heterocycles. The van der Waals surface area contributed by atoms with Crippen LogP contribution in [0.25, 0.3) is 0 Å². The number of likely N-dealkylation sites (tertiary alicyclic amines) is 1. The van der Waals surface area contributed by atoms with Crippen LogP contribution in [0.2, 0.25) is 0 Å². The average molecular weight is 439 g/mol. The van der Waals surface area contributed by atoms with E-state index in [4.69, 9.17) is 0 Å². The molecule has 2 atom stereocenters.